The summed E-state index contributed by atoms with van der Waals surface area (Å²) < 4.78 is 36.3. The Balaban J connectivity index is 3.21. The maximum absolute atomic E-state index is 12.1. The first-order chi connectivity index (χ1) is 5.95. The molecule has 0 unspecified atom stereocenters. The summed E-state index contributed by atoms with van der Waals surface area (Å²) in [7, 11) is 0. The van der Waals surface area contributed by atoms with Gasteiger partial charge in [0.05, 0.1) is 5.56 Å². The van der Waals surface area contributed by atoms with Crippen molar-refractivity contribution in [2.24, 2.45) is 0 Å². The second kappa shape index (κ2) is 3.45. The molecule has 0 N–H and O–H groups in total. The van der Waals surface area contributed by atoms with Gasteiger partial charge in [-0.05, 0) is 22.0 Å². The average Bonchev–Trinajstić information content (AvgIpc) is 2.03. The SMILES string of the molecule is O=Cc1cc(C(F)(F)F)cnc1Br. The summed E-state index contributed by atoms with van der Waals surface area (Å²) in [4.78, 5) is 13.7. The van der Waals surface area contributed by atoms with Crippen molar-refractivity contribution >= 4 is 22.2 Å². The van der Waals surface area contributed by atoms with Crippen LogP contribution in [0, 0.1) is 0 Å². The molecular formula is C7H3BrF3NO. The molecule has 0 aliphatic heterocycles. The number of hydrogen-bond donors (Lipinski definition) is 0. The molecule has 0 amide bonds. The monoisotopic (exact) mass is 253 g/mol. The lowest BCUT2D eigenvalue weighted by atomic mass is 10.2. The predicted octanol–water partition coefficient (Wildman–Crippen LogP) is 2.68. The van der Waals surface area contributed by atoms with E-state index in [1.807, 2.05) is 0 Å². The molecule has 70 valence electrons. The fourth-order valence-corrected chi connectivity index (χ4v) is 1.01. The number of rotatable bonds is 1. The van der Waals surface area contributed by atoms with Crippen molar-refractivity contribution in [3.63, 3.8) is 0 Å². The molecule has 0 fully saturated rings. The molecule has 2 nitrogen and oxygen atoms in total. The molecule has 0 aliphatic carbocycles. The van der Waals surface area contributed by atoms with Crippen molar-refractivity contribution < 1.29 is 18.0 Å². The van der Waals surface area contributed by atoms with E-state index in [4.69, 9.17) is 0 Å². The summed E-state index contributed by atoms with van der Waals surface area (Å²) in [5.74, 6) is 0. The topological polar surface area (TPSA) is 30.0 Å². The van der Waals surface area contributed by atoms with Gasteiger partial charge in [0.1, 0.15) is 4.60 Å². The molecule has 0 aliphatic rings. The molecule has 0 radical (unpaired) electrons. The van der Waals surface area contributed by atoms with Crippen molar-refractivity contribution in [1.29, 1.82) is 0 Å². The first-order valence-corrected chi connectivity index (χ1v) is 3.92. The Morgan fingerprint density at radius 2 is 2.08 bits per heavy atom. The summed E-state index contributed by atoms with van der Waals surface area (Å²) in [6.45, 7) is 0. The van der Waals surface area contributed by atoms with Crippen LogP contribution in [-0.4, -0.2) is 11.3 Å². The zero-order valence-corrected chi connectivity index (χ0v) is 7.69. The lowest BCUT2D eigenvalue weighted by molar-refractivity contribution is -0.137. The summed E-state index contributed by atoms with van der Waals surface area (Å²) in [6, 6.07) is 0.740. The van der Waals surface area contributed by atoms with E-state index in [2.05, 4.69) is 20.9 Å². The second-order valence-electron chi connectivity index (χ2n) is 2.22. The van der Waals surface area contributed by atoms with Gasteiger partial charge in [0.2, 0.25) is 0 Å². The molecule has 0 saturated carbocycles. The Bertz CT molecular complexity index is 337. The van der Waals surface area contributed by atoms with Crippen LogP contribution in [0.3, 0.4) is 0 Å². The summed E-state index contributed by atoms with van der Waals surface area (Å²) >= 11 is 2.85. The number of pyridine rings is 1. The lowest BCUT2D eigenvalue weighted by Gasteiger charge is -2.06. The number of aldehydes is 1. The average molecular weight is 254 g/mol. The van der Waals surface area contributed by atoms with Crippen LogP contribution < -0.4 is 0 Å². The highest BCUT2D eigenvalue weighted by molar-refractivity contribution is 9.10. The zero-order valence-electron chi connectivity index (χ0n) is 6.10. The van der Waals surface area contributed by atoms with Crippen LogP contribution in [0.15, 0.2) is 16.9 Å². The van der Waals surface area contributed by atoms with Crippen LogP contribution in [0.1, 0.15) is 15.9 Å². The molecule has 1 aromatic rings. The van der Waals surface area contributed by atoms with Crippen LogP contribution in [0.4, 0.5) is 13.2 Å². The van der Waals surface area contributed by atoms with Crippen LogP contribution in [0.25, 0.3) is 0 Å². The second-order valence-corrected chi connectivity index (χ2v) is 2.97. The highest BCUT2D eigenvalue weighted by Crippen LogP contribution is 2.30. The summed E-state index contributed by atoms with van der Waals surface area (Å²) in [6.07, 6.45) is -3.49. The molecule has 0 bridgehead atoms. The van der Waals surface area contributed by atoms with Gasteiger partial charge in [-0.1, -0.05) is 0 Å². The van der Waals surface area contributed by atoms with Crippen LogP contribution in [0.2, 0.25) is 0 Å². The van der Waals surface area contributed by atoms with Crippen LogP contribution in [-0.2, 0) is 6.18 Å². The highest BCUT2D eigenvalue weighted by Gasteiger charge is 2.31. The van der Waals surface area contributed by atoms with Crippen molar-refractivity contribution in [3.05, 3.63) is 28.0 Å². The normalized spacial score (nSPS) is 11.4. The quantitative estimate of drug-likeness (QED) is 0.569. The van der Waals surface area contributed by atoms with Crippen molar-refractivity contribution in [2.75, 3.05) is 0 Å². The third-order valence-corrected chi connectivity index (χ3v) is 1.98. The summed E-state index contributed by atoms with van der Waals surface area (Å²) in [5.41, 5.74) is -1.05. The number of aromatic nitrogens is 1. The molecule has 0 saturated heterocycles. The molecule has 13 heavy (non-hydrogen) atoms. The zero-order chi connectivity index (χ0) is 10.1. The number of carbonyl (C=O) groups is 1. The molecule has 0 spiro atoms. The smallest absolute Gasteiger partial charge is 0.298 e. The van der Waals surface area contributed by atoms with Gasteiger partial charge in [0, 0.05) is 11.8 Å². The van der Waals surface area contributed by atoms with E-state index in [0.29, 0.717) is 12.5 Å². The Morgan fingerprint density at radius 3 is 2.54 bits per heavy atom. The molecule has 6 heteroatoms. The predicted molar refractivity (Wildman–Crippen MR) is 42.3 cm³/mol. The van der Waals surface area contributed by atoms with E-state index in [9.17, 15) is 18.0 Å². The Labute approximate surface area is 79.9 Å². The van der Waals surface area contributed by atoms with E-state index in [0.717, 1.165) is 6.07 Å². The molecule has 1 rings (SSSR count). The molecule has 0 aromatic carbocycles. The third-order valence-electron chi connectivity index (χ3n) is 1.32. The molecule has 0 atom stereocenters. The Kier molecular flexibility index (Phi) is 2.70. The van der Waals surface area contributed by atoms with Crippen molar-refractivity contribution in [3.8, 4) is 0 Å². The van der Waals surface area contributed by atoms with E-state index in [-0.39, 0.29) is 10.2 Å². The minimum absolute atomic E-state index is 0.107. The number of hydrogen-bond acceptors (Lipinski definition) is 2. The minimum Gasteiger partial charge on any atom is -0.298 e. The van der Waals surface area contributed by atoms with E-state index >= 15 is 0 Å². The first kappa shape index (κ1) is 10.2. The lowest BCUT2D eigenvalue weighted by Crippen LogP contribution is -2.06. The van der Waals surface area contributed by atoms with Gasteiger partial charge in [-0.2, -0.15) is 13.2 Å². The van der Waals surface area contributed by atoms with Gasteiger partial charge >= 0.3 is 6.18 Å². The van der Waals surface area contributed by atoms with Crippen LogP contribution >= 0.6 is 15.9 Å². The maximum atomic E-state index is 12.1. The van der Waals surface area contributed by atoms with E-state index < -0.39 is 11.7 Å². The molecule has 1 aromatic heterocycles. The van der Waals surface area contributed by atoms with E-state index in [1.165, 1.54) is 0 Å². The van der Waals surface area contributed by atoms with Gasteiger partial charge in [0.15, 0.2) is 6.29 Å². The molecular weight excluding hydrogens is 251 g/mol. The van der Waals surface area contributed by atoms with Crippen molar-refractivity contribution in [1.82, 2.24) is 4.98 Å². The van der Waals surface area contributed by atoms with Gasteiger partial charge in [0.25, 0.3) is 0 Å². The third kappa shape index (κ3) is 2.27. The Morgan fingerprint density at radius 1 is 1.46 bits per heavy atom. The number of halogens is 4. The van der Waals surface area contributed by atoms with Gasteiger partial charge in [-0.3, -0.25) is 4.79 Å². The van der Waals surface area contributed by atoms with Crippen molar-refractivity contribution in [2.45, 2.75) is 6.18 Å². The number of nitrogens with zero attached hydrogens (tertiary/aromatic N) is 1. The fraction of sp³-hybridized carbons (Fsp3) is 0.143. The summed E-state index contributed by atoms with van der Waals surface area (Å²) in [5, 5.41) is 0. The van der Waals surface area contributed by atoms with Gasteiger partial charge in [-0.15, -0.1) is 0 Å². The maximum Gasteiger partial charge on any atom is 0.417 e. The van der Waals surface area contributed by atoms with Gasteiger partial charge < -0.3 is 0 Å². The molecule has 1 heterocycles. The fourth-order valence-electron chi connectivity index (χ4n) is 0.703. The van der Waals surface area contributed by atoms with Gasteiger partial charge in [-0.25, -0.2) is 4.98 Å². The number of alkyl halides is 3. The minimum atomic E-state index is -4.47. The highest BCUT2D eigenvalue weighted by atomic mass is 79.9. The first-order valence-electron chi connectivity index (χ1n) is 3.13. The van der Waals surface area contributed by atoms with E-state index in [1.54, 1.807) is 0 Å². The largest absolute Gasteiger partial charge is 0.417 e. The Hall–Kier alpha value is -0.910. The standard InChI is InChI=1S/C7H3BrF3NO/c8-6-4(3-13)1-5(2-12-6)7(9,10)11/h1-3H. The van der Waals surface area contributed by atoms with Crippen LogP contribution in [0.5, 0.6) is 0 Å². The number of carbonyl (C=O) groups excluding carboxylic acids is 1.